The van der Waals surface area contributed by atoms with Gasteiger partial charge in [0.1, 0.15) is 0 Å². The monoisotopic (exact) mass is 592 g/mol. The molecule has 2 aliphatic rings. The number of carbonyl (C=O) groups excluding carboxylic acids is 1. The van der Waals surface area contributed by atoms with Crippen LogP contribution in [-0.4, -0.2) is 79.9 Å². The lowest BCUT2D eigenvalue weighted by atomic mass is 10.1. The van der Waals surface area contributed by atoms with Crippen molar-refractivity contribution < 1.29 is 29.2 Å². The number of aryl methyl sites for hydroxylation is 3. The Morgan fingerprint density at radius 2 is 1.71 bits per heavy atom. The fraction of sp³-hybridized carbons (Fsp3) is 0.594. The first-order chi connectivity index (χ1) is 19.7. The van der Waals surface area contributed by atoms with Crippen LogP contribution in [0.25, 0.3) is 0 Å². The fourth-order valence-corrected chi connectivity index (χ4v) is 5.19. The second-order valence-electron chi connectivity index (χ2n) is 10.2. The SMILES string of the molecule is CC1CCOC1.CCO.COC(=O)NCCCN(Sc1cc(CO)c(C)cc1C)[C@@H]1CCOC1.Cc1ccccc1. The van der Waals surface area contributed by atoms with Gasteiger partial charge in [-0.2, -0.15) is 0 Å². The standard InChI is InChI=1S/C18H28N2O4S.C7H8.C5H10O.C2H6O/c1-13-9-14(2)17(10-15(13)11-21)25-20(16-5-8-24-12-16)7-4-6-19-18(22)23-3;1-7-5-3-2-4-6-7;1-5-2-3-6-4-5;1-2-3/h9-10,16,21H,4-8,11-12H2,1-3H3,(H,19,22);2-6H,1H3;5H,2-4H2,1H3;3H,2H2,1H3/t16-;;;/m1.../s1. The molecule has 0 aromatic heterocycles. The van der Waals surface area contributed by atoms with Gasteiger partial charge in [0.2, 0.25) is 0 Å². The smallest absolute Gasteiger partial charge is 0.406 e. The molecule has 8 nitrogen and oxygen atoms in total. The molecule has 4 rings (SSSR count). The van der Waals surface area contributed by atoms with E-state index in [9.17, 15) is 9.90 Å². The predicted octanol–water partition coefficient (Wildman–Crippen LogP) is 5.68. The second kappa shape index (κ2) is 22.5. The van der Waals surface area contributed by atoms with E-state index >= 15 is 0 Å². The molecule has 1 amide bonds. The number of rotatable bonds is 8. The number of carbonyl (C=O) groups is 1. The number of nitrogens with one attached hydrogen (secondary N) is 1. The number of ether oxygens (including phenoxy) is 3. The summed E-state index contributed by atoms with van der Waals surface area (Å²) in [5.41, 5.74) is 4.60. The molecule has 0 spiro atoms. The van der Waals surface area contributed by atoms with E-state index in [1.165, 1.54) is 24.7 Å². The lowest BCUT2D eigenvalue weighted by Crippen LogP contribution is -2.33. The predicted molar refractivity (Wildman–Crippen MR) is 167 cm³/mol. The number of hydrogen-bond acceptors (Lipinski definition) is 8. The van der Waals surface area contributed by atoms with Crippen LogP contribution < -0.4 is 5.32 Å². The Hall–Kier alpha value is -2.14. The average molecular weight is 593 g/mol. The van der Waals surface area contributed by atoms with Gasteiger partial charge in [0.25, 0.3) is 0 Å². The Balaban J connectivity index is 0.000000421. The van der Waals surface area contributed by atoms with Gasteiger partial charge in [-0.3, -0.25) is 0 Å². The van der Waals surface area contributed by atoms with Crippen LogP contribution >= 0.6 is 11.9 Å². The molecule has 2 saturated heterocycles. The zero-order valence-electron chi connectivity index (χ0n) is 25.9. The molecule has 9 heteroatoms. The van der Waals surface area contributed by atoms with Gasteiger partial charge < -0.3 is 29.7 Å². The van der Waals surface area contributed by atoms with Crippen LogP contribution in [0.15, 0.2) is 47.4 Å². The van der Waals surface area contributed by atoms with Crippen molar-refractivity contribution in [3.63, 3.8) is 0 Å². The zero-order valence-corrected chi connectivity index (χ0v) is 26.7. The minimum Gasteiger partial charge on any atom is -0.453 e. The van der Waals surface area contributed by atoms with Crippen LogP contribution in [0.3, 0.4) is 0 Å². The van der Waals surface area contributed by atoms with Crippen LogP contribution in [-0.2, 0) is 20.8 Å². The van der Waals surface area contributed by atoms with Gasteiger partial charge in [-0.15, -0.1) is 0 Å². The highest BCUT2D eigenvalue weighted by molar-refractivity contribution is 7.97. The minimum absolute atomic E-state index is 0.0509. The maximum Gasteiger partial charge on any atom is 0.406 e. The van der Waals surface area contributed by atoms with Crippen LogP contribution in [0.4, 0.5) is 4.79 Å². The summed E-state index contributed by atoms with van der Waals surface area (Å²) in [5, 5.41) is 19.8. The summed E-state index contributed by atoms with van der Waals surface area (Å²) in [5.74, 6) is 0.824. The van der Waals surface area contributed by atoms with Crippen molar-refractivity contribution in [2.24, 2.45) is 5.92 Å². The number of benzene rings is 2. The van der Waals surface area contributed by atoms with E-state index in [4.69, 9.17) is 14.6 Å². The molecule has 2 atom stereocenters. The molecule has 41 heavy (non-hydrogen) atoms. The maximum absolute atomic E-state index is 11.2. The van der Waals surface area contributed by atoms with Crippen LogP contribution in [0.2, 0.25) is 0 Å². The van der Waals surface area contributed by atoms with E-state index in [0.717, 1.165) is 67.8 Å². The van der Waals surface area contributed by atoms with Crippen molar-refractivity contribution in [3.05, 3.63) is 64.7 Å². The summed E-state index contributed by atoms with van der Waals surface area (Å²) in [7, 11) is 1.37. The normalized spacial score (nSPS) is 17.4. The van der Waals surface area contributed by atoms with E-state index in [1.807, 2.05) is 25.1 Å². The van der Waals surface area contributed by atoms with Crippen molar-refractivity contribution in [2.45, 2.75) is 71.4 Å². The number of alkyl carbamates (subject to hydrolysis) is 1. The van der Waals surface area contributed by atoms with Gasteiger partial charge in [0, 0.05) is 50.5 Å². The van der Waals surface area contributed by atoms with Crippen molar-refractivity contribution in [2.75, 3.05) is 53.2 Å². The largest absolute Gasteiger partial charge is 0.453 e. The van der Waals surface area contributed by atoms with Gasteiger partial charge in [0.15, 0.2) is 0 Å². The lowest BCUT2D eigenvalue weighted by molar-refractivity contribution is 0.169. The first-order valence-electron chi connectivity index (χ1n) is 14.5. The molecule has 0 bridgehead atoms. The van der Waals surface area contributed by atoms with Gasteiger partial charge >= 0.3 is 6.09 Å². The van der Waals surface area contributed by atoms with Crippen LogP contribution in [0.1, 0.15) is 55.4 Å². The summed E-state index contributed by atoms with van der Waals surface area (Å²) >= 11 is 1.71. The van der Waals surface area contributed by atoms with Crippen molar-refractivity contribution in [1.29, 1.82) is 0 Å². The summed E-state index contributed by atoms with van der Waals surface area (Å²) < 4.78 is 17.5. The fourth-order valence-electron chi connectivity index (χ4n) is 4.01. The zero-order chi connectivity index (χ0) is 30.5. The Labute approximate surface area is 251 Å². The van der Waals surface area contributed by atoms with Crippen molar-refractivity contribution in [3.8, 4) is 0 Å². The molecule has 2 aromatic rings. The molecule has 1 unspecified atom stereocenters. The Bertz CT molecular complexity index is 951. The number of hydrogen-bond donors (Lipinski definition) is 3. The van der Waals surface area contributed by atoms with E-state index in [2.05, 4.69) is 59.4 Å². The maximum atomic E-state index is 11.2. The minimum atomic E-state index is -0.398. The van der Waals surface area contributed by atoms with E-state index < -0.39 is 6.09 Å². The molecule has 232 valence electrons. The molecule has 2 aliphatic heterocycles. The molecular formula is C32H52N2O6S. The summed E-state index contributed by atoms with van der Waals surface area (Å²) in [6.45, 7) is 15.3. The Morgan fingerprint density at radius 3 is 2.17 bits per heavy atom. The lowest BCUT2D eigenvalue weighted by Gasteiger charge is -2.27. The highest BCUT2D eigenvalue weighted by atomic mass is 32.2. The molecule has 0 saturated carbocycles. The number of amides is 1. The van der Waals surface area contributed by atoms with Gasteiger partial charge in [-0.1, -0.05) is 48.9 Å². The summed E-state index contributed by atoms with van der Waals surface area (Å²) in [6, 6.07) is 14.8. The molecule has 2 heterocycles. The molecular weight excluding hydrogens is 540 g/mol. The third-order valence-electron chi connectivity index (χ3n) is 6.44. The van der Waals surface area contributed by atoms with E-state index in [0.29, 0.717) is 12.6 Å². The Morgan fingerprint density at radius 1 is 1.05 bits per heavy atom. The average Bonchev–Trinajstić information content (AvgIpc) is 3.67. The third kappa shape index (κ3) is 16.2. The third-order valence-corrected chi connectivity index (χ3v) is 7.79. The quantitative estimate of drug-likeness (QED) is 0.266. The Kier molecular flexibility index (Phi) is 20.2. The highest BCUT2D eigenvalue weighted by Crippen LogP contribution is 2.32. The highest BCUT2D eigenvalue weighted by Gasteiger charge is 2.24. The summed E-state index contributed by atoms with van der Waals surface area (Å²) in [4.78, 5) is 12.3. The number of aliphatic hydroxyl groups is 2. The van der Waals surface area contributed by atoms with E-state index in [-0.39, 0.29) is 13.2 Å². The molecule has 2 aromatic carbocycles. The number of nitrogens with zero attached hydrogens (tertiary/aromatic N) is 1. The number of aliphatic hydroxyl groups excluding tert-OH is 2. The van der Waals surface area contributed by atoms with E-state index in [1.54, 1.807) is 18.9 Å². The summed E-state index contributed by atoms with van der Waals surface area (Å²) in [6.07, 6.45) is 2.70. The first-order valence-corrected chi connectivity index (χ1v) is 15.3. The van der Waals surface area contributed by atoms with Crippen LogP contribution in [0, 0.1) is 26.7 Å². The first kappa shape index (κ1) is 36.9. The molecule has 3 N–H and O–H groups in total. The second-order valence-corrected chi connectivity index (χ2v) is 11.3. The van der Waals surface area contributed by atoms with Crippen molar-refractivity contribution >= 4 is 18.0 Å². The van der Waals surface area contributed by atoms with Gasteiger partial charge in [-0.05, 0) is 87.6 Å². The molecule has 0 radical (unpaired) electrons. The van der Waals surface area contributed by atoms with Gasteiger partial charge in [-0.25, -0.2) is 9.10 Å². The number of methoxy groups -OCH3 is 1. The molecule has 0 aliphatic carbocycles. The van der Waals surface area contributed by atoms with Gasteiger partial charge in [0.05, 0.1) is 20.3 Å². The van der Waals surface area contributed by atoms with Crippen molar-refractivity contribution in [1.82, 2.24) is 9.62 Å². The molecule has 2 fully saturated rings. The topological polar surface area (TPSA) is 100 Å². The van der Waals surface area contributed by atoms with Crippen LogP contribution in [0.5, 0.6) is 0 Å².